The third-order valence-corrected chi connectivity index (χ3v) is 3.41. The van der Waals surface area contributed by atoms with Crippen molar-refractivity contribution in [3.05, 3.63) is 18.0 Å². The highest BCUT2D eigenvalue weighted by atomic mass is 16.3. The number of carbonyl (C=O) groups is 1. The van der Waals surface area contributed by atoms with Crippen molar-refractivity contribution >= 4 is 11.6 Å². The molecular weight excluding hydrogens is 218 g/mol. The van der Waals surface area contributed by atoms with Gasteiger partial charge in [-0.3, -0.25) is 4.79 Å². The highest BCUT2D eigenvalue weighted by Crippen LogP contribution is 2.24. The van der Waals surface area contributed by atoms with Crippen molar-refractivity contribution in [2.24, 2.45) is 5.41 Å². The van der Waals surface area contributed by atoms with Gasteiger partial charge in [0.15, 0.2) is 0 Å². The first-order valence-corrected chi connectivity index (χ1v) is 5.90. The minimum atomic E-state index is -0.228. The molecule has 96 valence electrons. The Kier molecular flexibility index (Phi) is 4.57. The minimum absolute atomic E-state index is 0.0765. The number of nitrogens with two attached hydrogens (primary N) is 1. The van der Waals surface area contributed by atoms with Crippen molar-refractivity contribution in [1.29, 1.82) is 0 Å². The summed E-state index contributed by atoms with van der Waals surface area (Å²) in [7, 11) is 0. The molecule has 5 heteroatoms. The smallest absolute Gasteiger partial charge is 0.267 e. The maximum atomic E-state index is 11.8. The molecule has 0 bridgehead atoms. The van der Waals surface area contributed by atoms with Crippen molar-refractivity contribution in [1.82, 2.24) is 10.3 Å². The molecule has 0 saturated carbocycles. The van der Waals surface area contributed by atoms with Gasteiger partial charge >= 0.3 is 0 Å². The first-order chi connectivity index (χ1) is 8.06. The van der Waals surface area contributed by atoms with Crippen LogP contribution in [0.4, 0.5) is 5.69 Å². The van der Waals surface area contributed by atoms with E-state index in [1.54, 1.807) is 12.3 Å². The molecule has 0 aliphatic carbocycles. The zero-order valence-corrected chi connectivity index (χ0v) is 10.4. The molecule has 1 aromatic heterocycles. The number of hydrogen-bond acceptors (Lipinski definition) is 3. The lowest BCUT2D eigenvalue weighted by molar-refractivity contribution is 0.0847. The number of anilines is 1. The molecule has 17 heavy (non-hydrogen) atoms. The lowest BCUT2D eigenvalue weighted by Gasteiger charge is -2.29. The maximum absolute atomic E-state index is 11.8. The van der Waals surface area contributed by atoms with E-state index < -0.39 is 0 Å². The quantitative estimate of drug-likeness (QED) is 0.599. The molecule has 5 N–H and O–H groups in total. The molecule has 1 rings (SSSR count). The van der Waals surface area contributed by atoms with Gasteiger partial charge in [0.25, 0.3) is 5.91 Å². The van der Waals surface area contributed by atoms with Crippen LogP contribution in [-0.4, -0.2) is 29.1 Å². The van der Waals surface area contributed by atoms with E-state index in [0.29, 0.717) is 17.9 Å². The zero-order chi connectivity index (χ0) is 12.9. The molecule has 0 atom stereocenters. The number of H-pyrrole nitrogens is 1. The van der Waals surface area contributed by atoms with Gasteiger partial charge in [0.05, 0.1) is 6.61 Å². The van der Waals surface area contributed by atoms with Crippen LogP contribution in [0.25, 0.3) is 0 Å². The van der Waals surface area contributed by atoms with E-state index in [-0.39, 0.29) is 17.9 Å². The van der Waals surface area contributed by atoms with Gasteiger partial charge in [0.1, 0.15) is 5.69 Å². The van der Waals surface area contributed by atoms with Gasteiger partial charge in [0, 0.05) is 23.8 Å². The van der Waals surface area contributed by atoms with E-state index in [4.69, 9.17) is 5.73 Å². The first kappa shape index (κ1) is 13.6. The molecule has 0 radical (unpaired) electrons. The Balaban J connectivity index is 2.58. The molecule has 1 heterocycles. The summed E-state index contributed by atoms with van der Waals surface area (Å²) < 4.78 is 0. The summed E-state index contributed by atoms with van der Waals surface area (Å²) in [6.45, 7) is 4.57. The second-order valence-electron chi connectivity index (χ2n) is 4.39. The summed E-state index contributed by atoms with van der Waals surface area (Å²) in [5.74, 6) is -0.193. The lowest BCUT2D eigenvalue weighted by atomic mass is 9.83. The van der Waals surface area contributed by atoms with Gasteiger partial charge < -0.3 is 21.1 Å². The number of amides is 1. The number of rotatable bonds is 6. The predicted octanol–water partition coefficient (Wildman–Crippen LogP) is 1.13. The fourth-order valence-corrected chi connectivity index (χ4v) is 1.68. The van der Waals surface area contributed by atoms with Gasteiger partial charge in [-0.05, 0) is 18.9 Å². The molecule has 1 amide bonds. The van der Waals surface area contributed by atoms with Gasteiger partial charge in [0.2, 0.25) is 0 Å². The molecule has 5 nitrogen and oxygen atoms in total. The van der Waals surface area contributed by atoms with E-state index >= 15 is 0 Å². The zero-order valence-electron chi connectivity index (χ0n) is 10.4. The van der Waals surface area contributed by atoms with Crippen LogP contribution in [0.15, 0.2) is 12.3 Å². The number of aliphatic hydroxyl groups excluding tert-OH is 1. The van der Waals surface area contributed by atoms with Crippen LogP contribution in [0.5, 0.6) is 0 Å². The van der Waals surface area contributed by atoms with Crippen molar-refractivity contribution < 1.29 is 9.90 Å². The number of hydrogen-bond donors (Lipinski definition) is 4. The standard InChI is InChI=1S/C12H21N3O2/c1-3-12(4-2,8-16)7-15-11(17)10-5-9(13)6-14-10/h5-6,14,16H,3-4,7-8,13H2,1-2H3,(H,15,17). The van der Waals surface area contributed by atoms with E-state index in [2.05, 4.69) is 10.3 Å². The summed E-state index contributed by atoms with van der Waals surface area (Å²) in [5, 5.41) is 12.2. The SMILES string of the molecule is CCC(CC)(CO)CNC(=O)c1cc(N)c[nH]1. The highest BCUT2D eigenvalue weighted by Gasteiger charge is 2.26. The molecule has 0 aliphatic rings. The van der Waals surface area contributed by atoms with Crippen molar-refractivity contribution in [2.75, 3.05) is 18.9 Å². The summed E-state index contributed by atoms with van der Waals surface area (Å²) in [5.41, 5.74) is 6.28. The first-order valence-electron chi connectivity index (χ1n) is 5.90. The largest absolute Gasteiger partial charge is 0.397 e. The molecule has 0 fully saturated rings. The highest BCUT2D eigenvalue weighted by molar-refractivity contribution is 5.93. The van der Waals surface area contributed by atoms with Gasteiger partial charge in [-0.2, -0.15) is 0 Å². The maximum Gasteiger partial charge on any atom is 0.267 e. The van der Waals surface area contributed by atoms with Gasteiger partial charge in [-0.25, -0.2) is 0 Å². The third-order valence-electron chi connectivity index (χ3n) is 3.41. The Labute approximate surface area is 101 Å². The number of carbonyl (C=O) groups excluding carboxylic acids is 1. The molecule has 0 aliphatic heterocycles. The molecule has 0 unspecified atom stereocenters. The molecule has 1 aromatic rings. The Morgan fingerprint density at radius 2 is 2.18 bits per heavy atom. The van der Waals surface area contributed by atoms with Crippen LogP contribution in [0.2, 0.25) is 0 Å². The Morgan fingerprint density at radius 1 is 1.53 bits per heavy atom. The van der Waals surface area contributed by atoms with E-state index in [9.17, 15) is 9.90 Å². The van der Waals surface area contributed by atoms with Crippen LogP contribution in [-0.2, 0) is 0 Å². The molecule has 0 aromatic carbocycles. The van der Waals surface area contributed by atoms with Gasteiger partial charge in [-0.15, -0.1) is 0 Å². The van der Waals surface area contributed by atoms with E-state index in [1.807, 2.05) is 13.8 Å². The Bertz CT molecular complexity index is 361. The average molecular weight is 239 g/mol. The van der Waals surface area contributed by atoms with E-state index in [1.165, 1.54) is 0 Å². The number of aromatic amines is 1. The monoisotopic (exact) mass is 239 g/mol. The van der Waals surface area contributed by atoms with Gasteiger partial charge in [-0.1, -0.05) is 13.8 Å². The number of nitrogens with one attached hydrogen (secondary N) is 2. The fourth-order valence-electron chi connectivity index (χ4n) is 1.68. The topological polar surface area (TPSA) is 91.1 Å². The molecule has 0 spiro atoms. The summed E-state index contributed by atoms with van der Waals surface area (Å²) in [6.07, 6.45) is 3.23. The van der Waals surface area contributed by atoms with Crippen molar-refractivity contribution in [3.63, 3.8) is 0 Å². The van der Waals surface area contributed by atoms with Crippen LogP contribution >= 0.6 is 0 Å². The molecule has 0 saturated heterocycles. The fraction of sp³-hybridized carbons (Fsp3) is 0.583. The Morgan fingerprint density at radius 3 is 2.59 bits per heavy atom. The normalized spacial score (nSPS) is 11.5. The number of aliphatic hydroxyl groups is 1. The predicted molar refractivity (Wildman–Crippen MR) is 67.6 cm³/mol. The van der Waals surface area contributed by atoms with Crippen LogP contribution in [0.1, 0.15) is 37.2 Å². The van der Waals surface area contributed by atoms with Crippen molar-refractivity contribution in [3.8, 4) is 0 Å². The van der Waals surface area contributed by atoms with Crippen LogP contribution in [0.3, 0.4) is 0 Å². The van der Waals surface area contributed by atoms with Crippen molar-refractivity contribution in [2.45, 2.75) is 26.7 Å². The average Bonchev–Trinajstić information content (AvgIpc) is 2.78. The summed E-state index contributed by atoms with van der Waals surface area (Å²) in [4.78, 5) is 14.6. The number of nitrogen functional groups attached to an aromatic ring is 1. The summed E-state index contributed by atoms with van der Waals surface area (Å²) >= 11 is 0. The molecular formula is C12H21N3O2. The Hall–Kier alpha value is -1.49. The minimum Gasteiger partial charge on any atom is -0.397 e. The summed E-state index contributed by atoms with van der Waals surface area (Å²) in [6, 6.07) is 1.59. The lowest BCUT2D eigenvalue weighted by Crippen LogP contribution is -2.39. The van der Waals surface area contributed by atoms with Crippen LogP contribution < -0.4 is 11.1 Å². The second kappa shape index (κ2) is 5.72. The second-order valence-corrected chi connectivity index (χ2v) is 4.39. The number of aromatic nitrogens is 1. The third kappa shape index (κ3) is 3.23. The van der Waals surface area contributed by atoms with E-state index in [0.717, 1.165) is 12.8 Å². The van der Waals surface area contributed by atoms with Crippen LogP contribution in [0, 0.1) is 5.41 Å².